The van der Waals surface area contributed by atoms with Gasteiger partial charge in [0.15, 0.2) is 0 Å². The minimum atomic E-state index is -0.274. The van der Waals surface area contributed by atoms with Gasteiger partial charge in [0.2, 0.25) is 5.91 Å². The summed E-state index contributed by atoms with van der Waals surface area (Å²) in [4.78, 5) is 29.8. The summed E-state index contributed by atoms with van der Waals surface area (Å²) in [5, 5.41) is 2.77. The number of carbonyl (C=O) groups excluding carboxylic acids is 2. The van der Waals surface area contributed by atoms with Crippen LogP contribution >= 0.6 is 0 Å². The van der Waals surface area contributed by atoms with Gasteiger partial charge < -0.3 is 15.0 Å². The van der Waals surface area contributed by atoms with Gasteiger partial charge in [-0.1, -0.05) is 18.2 Å². The van der Waals surface area contributed by atoms with E-state index in [4.69, 9.17) is 4.74 Å². The Morgan fingerprint density at radius 3 is 2.22 bits per heavy atom. The molecule has 27 heavy (non-hydrogen) atoms. The number of hydrogen-bond donors (Lipinski definition) is 1. The quantitative estimate of drug-likeness (QED) is 0.728. The predicted molar refractivity (Wildman–Crippen MR) is 103 cm³/mol. The van der Waals surface area contributed by atoms with Crippen LogP contribution in [0.1, 0.15) is 10.4 Å². The smallest absolute Gasteiger partial charge is 0.254 e. The van der Waals surface area contributed by atoms with Crippen LogP contribution in [-0.4, -0.2) is 35.3 Å². The average Bonchev–Trinajstić information content (AvgIpc) is 2.70. The van der Waals surface area contributed by atoms with Crippen molar-refractivity contribution in [3.8, 4) is 11.5 Å². The molecule has 0 saturated heterocycles. The summed E-state index contributed by atoms with van der Waals surface area (Å²) in [5.74, 6) is 0.856. The van der Waals surface area contributed by atoms with E-state index in [-0.39, 0.29) is 18.4 Å². The van der Waals surface area contributed by atoms with E-state index in [1.165, 1.54) is 4.90 Å². The molecule has 2 amide bonds. The molecule has 0 bridgehead atoms. The summed E-state index contributed by atoms with van der Waals surface area (Å²) in [7, 11) is 1.60. The topological polar surface area (TPSA) is 71.5 Å². The van der Waals surface area contributed by atoms with Gasteiger partial charge in [0, 0.05) is 30.7 Å². The summed E-state index contributed by atoms with van der Waals surface area (Å²) in [6.45, 7) is -0.0387. The number of nitrogens with zero attached hydrogens (tertiary/aromatic N) is 2. The van der Waals surface area contributed by atoms with Gasteiger partial charge in [-0.3, -0.25) is 14.6 Å². The van der Waals surface area contributed by atoms with Crippen LogP contribution in [-0.2, 0) is 4.79 Å². The van der Waals surface area contributed by atoms with Crippen molar-refractivity contribution in [1.29, 1.82) is 0 Å². The van der Waals surface area contributed by atoms with E-state index in [0.717, 1.165) is 0 Å². The summed E-state index contributed by atoms with van der Waals surface area (Å²) < 4.78 is 5.68. The molecule has 0 atom stereocenters. The molecule has 0 aliphatic rings. The molecule has 3 rings (SSSR count). The summed E-state index contributed by atoms with van der Waals surface area (Å²) in [5.41, 5.74) is 1.17. The largest absolute Gasteiger partial charge is 0.457 e. The lowest BCUT2D eigenvalue weighted by molar-refractivity contribution is -0.116. The molecule has 1 heterocycles. The van der Waals surface area contributed by atoms with E-state index in [1.54, 1.807) is 80.1 Å². The number of benzene rings is 2. The predicted octanol–water partition coefficient (Wildman–Crippen LogP) is 3.58. The van der Waals surface area contributed by atoms with Gasteiger partial charge in [0.25, 0.3) is 5.91 Å². The zero-order chi connectivity index (χ0) is 19.1. The second-order valence-electron chi connectivity index (χ2n) is 5.88. The Morgan fingerprint density at radius 2 is 1.56 bits per heavy atom. The summed E-state index contributed by atoms with van der Waals surface area (Å²) in [6.07, 6.45) is 3.30. The van der Waals surface area contributed by atoms with Crippen molar-refractivity contribution in [1.82, 2.24) is 9.88 Å². The molecular formula is C21H19N3O3. The van der Waals surface area contributed by atoms with Gasteiger partial charge in [0.05, 0.1) is 6.54 Å². The third-order valence-electron chi connectivity index (χ3n) is 3.77. The Balaban J connectivity index is 1.54. The first-order valence-corrected chi connectivity index (χ1v) is 8.40. The van der Waals surface area contributed by atoms with Crippen LogP contribution in [0.3, 0.4) is 0 Å². The van der Waals surface area contributed by atoms with Gasteiger partial charge in [-0.2, -0.15) is 0 Å². The minimum Gasteiger partial charge on any atom is -0.457 e. The molecule has 1 aromatic heterocycles. The van der Waals surface area contributed by atoms with Gasteiger partial charge in [-0.15, -0.1) is 0 Å². The van der Waals surface area contributed by atoms with Gasteiger partial charge in [0.1, 0.15) is 11.5 Å². The maximum absolute atomic E-state index is 12.3. The minimum absolute atomic E-state index is 0.0387. The number of ether oxygens (including phenoxy) is 1. The van der Waals surface area contributed by atoms with Gasteiger partial charge in [-0.25, -0.2) is 0 Å². The monoisotopic (exact) mass is 361 g/mol. The molecule has 0 unspecified atom stereocenters. The fourth-order valence-electron chi connectivity index (χ4n) is 2.44. The van der Waals surface area contributed by atoms with Crippen LogP contribution in [0, 0.1) is 0 Å². The molecule has 2 aromatic carbocycles. The van der Waals surface area contributed by atoms with E-state index < -0.39 is 0 Å². The van der Waals surface area contributed by atoms with E-state index in [2.05, 4.69) is 10.3 Å². The highest BCUT2D eigenvalue weighted by molar-refractivity contribution is 5.99. The molecule has 1 N–H and O–H groups in total. The second kappa shape index (κ2) is 8.62. The van der Waals surface area contributed by atoms with Crippen LogP contribution in [0.2, 0.25) is 0 Å². The van der Waals surface area contributed by atoms with Crippen molar-refractivity contribution in [3.05, 3.63) is 84.7 Å². The fraction of sp³-hybridized carbons (Fsp3) is 0.0952. The number of likely N-dealkylation sites (N-methyl/N-ethyl adjacent to an activating group) is 1. The first-order chi connectivity index (χ1) is 13.1. The molecule has 3 aromatic rings. The summed E-state index contributed by atoms with van der Waals surface area (Å²) in [6, 6.07) is 19.4. The molecule has 6 heteroatoms. The van der Waals surface area contributed by atoms with Gasteiger partial charge in [-0.05, 0) is 48.5 Å². The van der Waals surface area contributed by atoms with Crippen molar-refractivity contribution in [2.45, 2.75) is 0 Å². The number of nitrogens with one attached hydrogen (secondary N) is 1. The standard InChI is InChI=1S/C21H19N3O3/c1-24(21(26)16-5-3-2-4-6-16)15-20(25)23-17-7-9-18(10-8-17)27-19-11-13-22-14-12-19/h2-14H,15H2,1H3,(H,23,25). The SMILES string of the molecule is CN(CC(=O)Nc1ccc(Oc2ccncc2)cc1)C(=O)c1ccccc1. The van der Waals surface area contributed by atoms with Crippen molar-refractivity contribution in [2.75, 3.05) is 18.9 Å². The van der Waals surface area contributed by atoms with Crippen LogP contribution < -0.4 is 10.1 Å². The van der Waals surface area contributed by atoms with Crippen molar-refractivity contribution in [2.24, 2.45) is 0 Å². The average molecular weight is 361 g/mol. The van der Waals surface area contributed by atoms with Crippen LogP contribution in [0.4, 0.5) is 5.69 Å². The first kappa shape index (κ1) is 18.1. The molecule has 0 aliphatic carbocycles. The Morgan fingerprint density at radius 1 is 0.926 bits per heavy atom. The zero-order valence-corrected chi connectivity index (χ0v) is 14.8. The number of amides is 2. The van der Waals surface area contributed by atoms with Gasteiger partial charge >= 0.3 is 0 Å². The van der Waals surface area contributed by atoms with E-state index in [9.17, 15) is 9.59 Å². The highest BCUT2D eigenvalue weighted by atomic mass is 16.5. The third-order valence-corrected chi connectivity index (χ3v) is 3.77. The lowest BCUT2D eigenvalue weighted by Gasteiger charge is -2.17. The Bertz CT molecular complexity index is 897. The number of pyridine rings is 1. The first-order valence-electron chi connectivity index (χ1n) is 8.40. The molecular weight excluding hydrogens is 342 g/mol. The Hall–Kier alpha value is -3.67. The van der Waals surface area contributed by atoms with E-state index in [1.807, 2.05) is 6.07 Å². The van der Waals surface area contributed by atoms with Crippen molar-refractivity contribution in [3.63, 3.8) is 0 Å². The molecule has 6 nitrogen and oxygen atoms in total. The molecule has 0 saturated carbocycles. The molecule has 0 fully saturated rings. The van der Waals surface area contributed by atoms with Crippen LogP contribution in [0.25, 0.3) is 0 Å². The van der Waals surface area contributed by atoms with Crippen molar-refractivity contribution < 1.29 is 14.3 Å². The molecule has 136 valence electrons. The summed E-state index contributed by atoms with van der Waals surface area (Å²) >= 11 is 0. The van der Waals surface area contributed by atoms with E-state index in [0.29, 0.717) is 22.7 Å². The third kappa shape index (κ3) is 5.15. The number of aromatic nitrogens is 1. The molecule has 0 radical (unpaired) electrons. The Labute approximate surface area is 157 Å². The zero-order valence-electron chi connectivity index (χ0n) is 14.8. The fourth-order valence-corrected chi connectivity index (χ4v) is 2.44. The maximum atomic E-state index is 12.3. The molecule has 0 aliphatic heterocycles. The lowest BCUT2D eigenvalue weighted by atomic mass is 10.2. The maximum Gasteiger partial charge on any atom is 0.254 e. The van der Waals surface area contributed by atoms with Crippen LogP contribution in [0.5, 0.6) is 11.5 Å². The van der Waals surface area contributed by atoms with Crippen LogP contribution in [0.15, 0.2) is 79.1 Å². The Kier molecular flexibility index (Phi) is 5.79. The number of carbonyl (C=O) groups is 2. The van der Waals surface area contributed by atoms with Crippen molar-refractivity contribution >= 4 is 17.5 Å². The highest BCUT2D eigenvalue weighted by Gasteiger charge is 2.14. The number of anilines is 1. The normalized spacial score (nSPS) is 10.1. The number of rotatable bonds is 6. The second-order valence-corrected chi connectivity index (χ2v) is 5.88. The van der Waals surface area contributed by atoms with E-state index >= 15 is 0 Å². The number of hydrogen-bond acceptors (Lipinski definition) is 4. The lowest BCUT2D eigenvalue weighted by Crippen LogP contribution is -2.34. The molecule has 0 spiro atoms. The highest BCUT2D eigenvalue weighted by Crippen LogP contribution is 2.22.